The van der Waals surface area contributed by atoms with E-state index in [0.717, 1.165) is 5.69 Å². The SMILES string of the molecule is CCS(=O)(=O)N1CCC[C@H](C(=O)N(C)c2cccc(OC)c2)C1. The van der Waals surface area contributed by atoms with Gasteiger partial charge < -0.3 is 9.64 Å². The van der Waals surface area contributed by atoms with Crippen molar-refractivity contribution < 1.29 is 17.9 Å². The maximum Gasteiger partial charge on any atom is 0.231 e. The minimum absolute atomic E-state index is 0.0609. The molecule has 0 bridgehead atoms. The van der Waals surface area contributed by atoms with Gasteiger partial charge in [0.15, 0.2) is 0 Å². The second-order valence-corrected chi connectivity index (χ2v) is 7.95. The Labute approximate surface area is 138 Å². The molecule has 0 unspecified atom stereocenters. The summed E-state index contributed by atoms with van der Waals surface area (Å²) in [7, 11) is 0.0455. The molecule has 7 heteroatoms. The number of rotatable bonds is 5. The van der Waals surface area contributed by atoms with Gasteiger partial charge in [0.1, 0.15) is 5.75 Å². The van der Waals surface area contributed by atoms with Crippen molar-refractivity contribution in [2.24, 2.45) is 5.92 Å². The fourth-order valence-electron chi connectivity index (χ4n) is 2.80. The van der Waals surface area contributed by atoms with E-state index in [0.29, 0.717) is 25.1 Å². The van der Waals surface area contributed by atoms with Crippen LogP contribution in [0.25, 0.3) is 0 Å². The number of nitrogens with zero attached hydrogens (tertiary/aromatic N) is 2. The molecule has 6 nitrogen and oxygen atoms in total. The molecule has 0 aliphatic carbocycles. The molecule has 0 N–H and O–H groups in total. The number of hydrogen-bond acceptors (Lipinski definition) is 4. The number of anilines is 1. The van der Waals surface area contributed by atoms with Gasteiger partial charge in [-0.05, 0) is 31.9 Å². The van der Waals surface area contributed by atoms with Crippen LogP contribution < -0.4 is 9.64 Å². The largest absolute Gasteiger partial charge is 0.497 e. The topological polar surface area (TPSA) is 66.9 Å². The van der Waals surface area contributed by atoms with Crippen LogP contribution in [0.3, 0.4) is 0 Å². The van der Waals surface area contributed by atoms with E-state index in [1.54, 1.807) is 32.0 Å². The van der Waals surface area contributed by atoms with Crippen LogP contribution in [0, 0.1) is 5.92 Å². The zero-order chi connectivity index (χ0) is 17.0. The average Bonchev–Trinajstić information content (AvgIpc) is 2.60. The maximum absolute atomic E-state index is 12.7. The molecule has 1 fully saturated rings. The van der Waals surface area contributed by atoms with Crippen LogP contribution in [0.5, 0.6) is 5.75 Å². The van der Waals surface area contributed by atoms with Crippen LogP contribution in [0.15, 0.2) is 24.3 Å². The van der Waals surface area contributed by atoms with Gasteiger partial charge in [0.25, 0.3) is 0 Å². The molecule has 0 spiro atoms. The normalized spacial score (nSPS) is 19.3. The first kappa shape index (κ1) is 17.7. The van der Waals surface area contributed by atoms with E-state index in [-0.39, 0.29) is 24.1 Å². The van der Waals surface area contributed by atoms with Crippen molar-refractivity contribution in [2.75, 3.05) is 37.9 Å². The highest BCUT2D eigenvalue weighted by atomic mass is 32.2. The van der Waals surface area contributed by atoms with Crippen molar-refractivity contribution in [3.63, 3.8) is 0 Å². The molecular weight excluding hydrogens is 316 g/mol. The quantitative estimate of drug-likeness (QED) is 0.818. The molecule has 1 aromatic carbocycles. The van der Waals surface area contributed by atoms with Crippen molar-refractivity contribution in [3.05, 3.63) is 24.3 Å². The number of sulfonamides is 1. The minimum Gasteiger partial charge on any atom is -0.497 e. The summed E-state index contributed by atoms with van der Waals surface area (Å²) in [4.78, 5) is 14.3. The Bertz CT molecular complexity index is 660. The third-order valence-corrected chi connectivity index (χ3v) is 6.11. The Morgan fingerprint density at radius 1 is 1.43 bits per heavy atom. The van der Waals surface area contributed by atoms with Gasteiger partial charge in [-0.2, -0.15) is 0 Å². The van der Waals surface area contributed by atoms with E-state index in [1.807, 2.05) is 18.2 Å². The summed E-state index contributed by atoms with van der Waals surface area (Å²) >= 11 is 0. The molecule has 1 amide bonds. The molecule has 0 aromatic heterocycles. The van der Waals surface area contributed by atoms with E-state index < -0.39 is 10.0 Å². The third kappa shape index (κ3) is 4.03. The molecule has 23 heavy (non-hydrogen) atoms. The highest BCUT2D eigenvalue weighted by Crippen LogP contribution is 2.25. The minimum atomic E-state index is -3.25. The van der Waals surface area contributed by atoms with Crippen LogP contribution in [-0.4, -0.2) is 51.6 Å². The van der Waals surface area contributed by atoms with Crippen molar-refractivity contribution in [1.82, 2.24) is 4.31 Å². The summed E-state index contributed by atoms with van der Waals surface area (Å²) in [5.41, 5.74) is 0.741. The second-order valence-electron chi connectivity index (χ2n) is 5.70. The number of methoxy groups -OCH3 is 1. The Kier molecular flexibility index (Phi) is 5.64. The predicted octanol–water partition coefficient (Wildman–Crippen LogP) is 1.72. The maximum atomic E-state index is 12.7. The number of amides is 1. The van der Waals surface area contributed by atoms with Crippen LogP contribution in [0.4, 0.5) is 5.69 Å². The van der Waals surface area contributed by atoms with E-state index in [4.69, 9.17) is 4.74 Å². The summed E-state index contributed by atoms with van der Waals surface area (Å²) in [5, 5.41) is 0. The lowest BCUT2D eigenvalue weighted by molar-refractivity contribution is -0.123. The van der Waals surface area contributed by atoms with E-state index in [1.165, 1.54) is 4.31 Å². The molecule has 0 saturated carbocycles. The number of carbonyl (C=O) groups is 1. The first-order valence-electron chi connectivity index (χ1n) is 7.78. The monoisotopic (exact) mass is 340 g/mol. The lowest BCUT2D eigenvalue weighted by Crippen LogP contribution is -2.46. The third-order valence-electron chi connectivity index (χ3n) is 4.26. The van der Waals surface area contributed by atoms with Gasteiger partial charge in [0.05, 0.1) is 18.8 Å². The van der Waals surface area contributed by atoms with Gasteiger partial charge in [0, 0.05) is 31.9 Å². The molecule has 2 rings (SSSR count). The number of hydrogen-bond donors (Lipinski definition) is 0. The van der Waals surface area contributed by atoms with Gasteiger partial charge in [0.2, 0.25) is 15.9 Å². The lowest BCUT2D eigenvalue weighted by Gasteiger charge is -2.33. The summed E-state index contributed by atoms with van der Waals surface area (Å²) in [6.45, 7) is 2.40. The Balaban J connectivity index is 2.12. The summed E-state index contributed by atoms with van der Waals surface area (Å²) in [6.07, 6.45) is 1.42. The van der Waals surface area contributed by atoms with E-state index >= 15 is 0 Å². The molecule has 128 valence electrons. The van der Waals surface area contributed by atoms with Gasteiger partial charge >= 0.3 is 0 Å². The van der Waals surface area contributed by atoms with Crippen molar-refractivity contribution in [3.8, 4) is 5.75 Å². The Morgan fingerprint density at radius 2 is 2.17 bits per heavy atom. The lowest BCUT2D eigenvalue weighted by atomic mass is 9.98. The smallest absolute Gasteiger partial charge is 0.231 e. The number of carbonyl (C=O) groups excluding carboxylic acids is 1. The standard InChI is InChI=1S/C16H24N2O4S/c1-4-23(20,21)18-10-6-7-13(12-18)16(19)17(2)14-8-5-9-15(11-14)22-3/h5,8-9,11,13H,4,6-7,10,12H2,1-3H3/t13-/m0/s1. The fraction of sp³-hybridized carbons (Fsp3) is 0.562. The number of piperidine rings is 1. The molecule has 1 aromatic rings. The Morgan fingerprint density at radius 3 is 2.83 bits per heavy atom. The second kappa shape index (κ2) is 7.31. The zero-order valence-corrected chi connectivity index (χ0v) is 14.7. The first-order valence-corrected chi connectivity index (χ1v) is 9.39. The van der Waals surface area contributed by atoms with Crippen LogP contribution >= 0.6 is 0 Å². The summed E-state index contributed by atoms with van der Waals surface area (Å²) < 4.78 is 30.7. The van der Waals surface area contributed by atoms with Gasteiger partial charge in [-0.1, -0.05) is 6.07 Å². The van der Waals surface area contributed by atoms with Crippen LogP contribution in [-0.2, 0) is 14.8 Å². The molecular formula is C16H24N2O4S. The van der Waals surface area contributed by atoms with Gasteiger partial charge in [-0.15, -0.1) is 0 Å². The van der Waals surface area contributed by atoms with Gasteiger partial charge in [-0.3, -0.25) is 4.79 Å². The summed E-state index contributed by atoms with van der Waals surface area (Å²) in [6, 6.07) is 7.27. The Hall–Kier alpha value is -1.60. The van der Waals surface area contributed by atoms with Crippen LogP contribution in [0.1, 0.15) is 19.8 Å². The van der Waals surface area contributed by atoms with Gasteiger partial charge in [-0.25, -0.2) is 12.7 Å². The predicted molar refractivity (Wildman–Crippen MR) is 90.2 cm³/mol. The summed E-state index contributed by atoms with van der Waals surface area (Å²) in [5.74, 6) is 0.385. The average molecular weight is 340 g/mol. The molecule has 1 aliphatic heterocycles. The van der Waals surface area contributed by atoms with Crippen molar-refractivity contribution in [2.45, 2.75) is 19.8 Å². The fourth-order valence-corrected chi connectivity index (χ4v) is 3.98. The molecule has 0 radical (unpaired) electrons. The molecule has 1 saturated heterocycles. The first-order chi connectivity index (χ1) is 10.9. The van der Waals surface area contributed by atoms with Crippen molar-refractivity contribution >= 4 is 21.6 Å². The molecule has 1 aliphatic rings. The van der Waals surface area contributed by atoms with Crippen LogP contribution in [0.2, 0.25) is 0 Å². The highest BCUT2D eigenvalue weighted by Gasteiger charge is 2.33. The number of benzene rings is 1. The van der Waals surface area contributed by atoms with E-state index in [2.05, 4.69) is 0 Å². The van der Waals surface area contributed by atoms with E-state index in [9.17, 15) is 13.2 Å². The molecule has 1 atom stereocenters. The molecule has 1 heterocycles. The number of ether oxygens (including phenoxy) is 1. The zero-order valence-electron chi connectivity index (χ0n) is 13.9. The highest BCUT2D eigenvalue weighted by molar-refractivity contribution is 7.89. The van der Waals surface area contributed by atoms with Crippen molar-refractivity contribution in [1.29, 1.82) is 0 Å².